The zero-order valence-corrected chi connectivity index (χ0v) is 21.4. The first-order chi connectivity index (χ1) is 18.0. The first-order valence-electron chi connectivity index (χ1n) is 12.6. The number of benzene rings is 3. The number of likely N-dealkylation sites (tertiary alicyclic amines) is 2. The van der Waals surface area contributed by atoms with Crippen LogP contribution in [0, 0.1) is 12.7 Å². The van der Waals surface area contributed by atoms with Crippen molar-refractivity contribution >= 4 is 33.2 Å². The summed E-state index contributed by atoms with van der Waals surface area (Å²) < 4.78 is 14.8. The summed E-state index contributed by atoms with van der Waals surface area (Å²) in [5.74, 6) is -0.114. The Morgan fingerprint density at radius 1 is 0.865 bits per heavy atom. The van der Waals surface area contributed by atoms with Crippen LogP contribution in [-0.4, -0.2) is 59.9 Å². The second-order valence-corrected chi connectivity index (χ2v) is 11.0. The molecule has 2 amide bonds. The smallest absolute Gasteiger partial charge is 0.264 e. The van der Waals surface area contributed by atoms with Crippen molar-refractivity contribution in [3.8, 4) is 11.1 Å². The monoisotopic (exact) mass is 513 g/mol. The molecule has 37 heavy (non-hydrogen) atoms. The van der Waals surface area contributed by atoms with Gasteiger partial charge in [0.05, 0.1) is 4.88 Å². The molecule has 188 valence electrons. The Morgan fingerprint density at radius 3 is 2.41 bits per heavy atom. The number of nitrogens with zero attached hydrogens (tertiary/aromatic N) is 2. The molecule has 6 rings (SSSR count). The number of halogens is 1. The summed E-state index contributed by atoms with van der Waals surface area (Å²) in [7, 11) is 0. The van der Waals surface area contributed by atoms with Crippen molar-refractivity contribution in [2.75, 3.05) is 26.2 Å². The first kappa shape index (κ1) is 23.8. The fourth-order valence-electron chi connectivity index (χ4n) is 5.34. The van der Waals surface area contributed by atoms with Gasteiger partial charge in [0.25, 0.3) is 11.8 Å². The first-order valence-corrected chi connectivity index (χ1v) is 13.5. The molecule has 1 atom stereocenters. The Labute approximate surface area is 219 Å². The van der Waals surface area contributed by atoms with Crippen LogP contribution in [0.4, 0.5) is 4.39 Å². The molecule has 0 unspecified atom stereocenters. The average molecular weight is 514 g/mol. The van der Waals surface area contributed by atoms with Crippen molar-refractivity contribution in [1.82, 2.24) is 15.1 Å². The number of fused-ring (bicyclic) bond motifs is 1. The van der Waals surface area contributed by atoms with E-state index in [0.29, 0.717) is 19.6 Å². The van der Waals surface area contributed by atoms with Gasteiger partial charge in [-0.2, -0.15) is 0 Å². The Bertz CT molecular complexity index is 1480. The van der Waals surface area contributed by atoms with Crippen LogP contribution in [0.5, 0.6) is 0 Å². The lowest BCUT2D eigenvalue weighted by Gasteiger charge is -2.41. The van der Waals surface area contributed by atoms with Crippen LogP contribution in [-0.2, 0) is 0 Å². The molecule has 0 spiro atoms. The van der Waals surface area contributed by atoms with E-state index in [0.717, 1.165) is 50.2 Å². The van der Waals surface area contributed by atoms with Gasteiger partial charge in [-0.1, -0.05) is 36.4 Å². The largest absolute Gasteiger partial charge is 0.337 e. The van der Waals surface area contributed by atoms with Crippen LogP contribution in [0.1, 0.15) is 32.0 Å². The van der Waals surface area contributed by atoms with E-state index in [2.05, 4.69) is 11.4 Å². The molecule has 0 aliphatic carbocycles. The van der Waals surface area contributed by atoms with E-state index in [1.165, 1.54) is 23.5 Å². The van der Waals surface area contributed by atoms with Crippen LogP contribution < -0.4 is 5.32 Å². The number of carbonyl (C=O) groups excluding carboxylic acids is 2. The number of carbonyl (C=O) groups is 2. The lowest BCUT2D eigenvalue weighted by molar-refractivity contribution is 0.0557. The van der Waals surface area contributed by atoms with E-state index in [1.54, 1.807) is 6.07 Å². The van der Waals surface area contributed by atoms with E-state index in [1.807, 2.05) is 65.3 Å². The molecule has 0 bridgehead atoms. The van der Waals surface area contributed by atoms with Crippen LogP contribution in [0.3, 0.4) is 0 Å². The van der Waals surface area contributed by atoms with Crippen molar-refractivity contribution in [3.05, 3.63) is 94.6 Å². The lowest BCUT2D eigenvalue weighted by Crippen LogP contribution is -2.62. The molecule has 2 saturated heterocycles. The maximum atomic E-state index is 13.7. The number of hydrogen-bond donors (Lipinski definition) is 1. The minimum absolute atomic E-state index is 0.0661. The highest BCUT2D eigenvalue weighted by Gasteiger charge is 2.36. The van der Waals surface area contributed by atoms with Crippen LogP contribution in [0.2, 0.25) is 0 Å². The fourth-order valence-corrected chi connectivity index (χ4v) is 6.50. The van der Waals surface area contributed by atoms with E-state index >= 15 is 0 Å². The quantitative estimate of drug-likeness (QED) is 0.392. The summed E-state index contributed by atoms with van der Waals surface area (Å²) in [6.07, 6.45) is 0.923. The molecule has 3 aromatic carbocycles. The summed E-state index contributed by atoms with van der Waals surface area (Å²) in [5.41, 5.74) is 3.47. The van der Waals surface area contributed by atoms with Gasteiger partial charge >= 0.3 is 0 Å². The van der Waals surface area contributed by atoms with Gasteiger partial charge in [-0.05, 0) is 71.8 Å². The van der Waals surface area contributed by atoms with Crippen LogP contribution in [0.15, 0.2) is 72.8 Å². The zero-order valence-electron chi connectivity index (χ0n) is 20.6. The summed E-state index contributed by atoms with van der Waals surface area (Å²) in [4.78, 5) is 30.6. The Morgan fingerprint density at radius 2 is 1.62 bits per heavy atom. The van der Waals surface area contributed by atoms with Gasteiger partial charge in [0, 0.05) is 48.5 Å². The predicted octanol–water partition coefficient (Wildman–Crippen LogP) is 5.34. The summed E-state index contributed by atoms with van der Waals surface area (Å²) in [6, 6.07) is 22.5. The molecule has 3 heterocycles. The van der Waals surface area contributed by atoms with Gasteiger partial charge in [0.2, 0.25) is 0 Å². The number of hydrogen-bond acceptors (Lipinski definition) is 4. The molecular formula is C30H28FN3O2S. The summed E-state index contributed by atoms with van der Waals surface area (Å²) in [6.45, 7) is 4.78. The highest BCUT2D eigenvalue weighted by atomic mass is 32.1. The molecule has 5 nitrogen and oxygen atoms in total. The highest BCUT2D eigenvalue weighted by molar-refractivity contribution is 7.21. The maximum absolute atomic E-state index is 13.7. The zero-order chi connectivity index (χ0) is 25.5. The van der Waals surface area contributed by atoms with Crippen molar-refractivity contribution in [2.24, 2.45) is 0 Å². The molecular weight excluding hydrogens is 485 g/mol. The van der Waals surface area contributed by atoms with E-state index < -0.39 is 0 Å². The topological polar surface area (TPSA) is 52.7 Å². The van der Waals surface area contributed by atoms with Crippen LogP contribution >= 0.6 is 11.3 Å². The minimum Gasteiger partial charge on any atom is -0.337 e. The summed E-state index contributed by atoms with van der Waals surface area (Å²) >= 11 is 1.52. The molecule has 0 saturated carbocycles. The molecule has 4 aromatic rings. The highest BCUT2D eigenvalue weighted by Crippen LogP contribution is 2.35. The van der Waals surface area contributed by atoms with Gasteiger partial charge in [0.15, 0.2) is 0 Å². The normalized spacial score (nSPS) is 17.8. The third kappa shape index (κ3) is 4.65. The van der Waals surface area contributed by atoms with Gasteiger partial charge in [-0.3, -0.25) is 9.59 Å². The van der Waals surface area contributed by atoms with Crippen molar-refractivity contribution < 1.29 is 14.0 Å². The molecule has 1 aromatic heterocycles. The van der Waals surface area contributed by atoms with E-state index in [9.17, 15) is 14.0 Å². The molecule has 7 heteroatoms. The molecule has 2 aliphatic rings. The standard InChI is InChI=1S/C30H28FN3O2S/c1-19-26-15-22(21-8-5-9-23(31)14-21)10-11-27(26)37-28(19)30(36)34-17-25(18-34)32-24-12-13-33(16-24)29(35)20-6-3-2-4-7-20/h2-11,14-15,24-25,32H,12-13,16-18H2,1H3/t24-/m0/s1. The fraction of sp³-hybridized carbons (Fsp3) is 0.267. The number of nitrogens with one attached hydrogen (secondary N) is 1. The van der Waals surface area contributed by atoms with Crippen molar-refractivity contribution in [2.45, 2.75) is 25.4 Å². The van der Waals surface area contributed by atoms with E-state index in [4.69, 9.17) is 0 Å². The Kier molecular flexibility index (Phi) is 6.26. The van der Waals surface area contributed by atoms with Gasteiger partial charge in [-0.15, -0.1) is 11.3 Å². The van der Waals surface area contributed by atoms with E-state index in [-0.39, 0.29) is 29.7 Å². The second kappa shape index (κ2) is 9.72. The number of rotatable bonds is 5. The van der Waals surface area contributed by atoms with Gasteiger partial charge < -0.3 is 15.1 Å². The van der Waals surface area contributed by atoms with Crippen molar-refractivity contribution in [1.29, 1.82) is 0 Å². The lowest BCUT2D eigenvalue weighted by atomic mass is 10.0. The van der Waals surface area contributed by atoms with Gasteiger partial charge in [-0.25, -0.2) is 4.39 Å². The van der Waals surface area contributed by atoms with Crippen LogP contribution in [0.25, 0.3) is 21.2 Å². The Balaban J connectivity index is 1.07. The predicted molar refractivity (Wildman–Crippen MR) is 146 cm³/mol. The molecule has 0 radical (unpaired) electrons. The third-order valence-electron chi connectivity index (χ3n) is 7.42. The number of amides is 2. The molecule has 2 aliphatic heterocycles. The number of aryl methyl sites for hydroxylation is 1. The SMILES string of the molecule is Cc1c(C(=O)N2CC(N[C@H]3CCN(C(=O)c4ccccc4)C3)C2)sc2ccc(-c3cccc(F)c3)cc12. The minimum atomic E-state index is -0.260. The van der Waals surface area contributed by atoms with Crippen molar-refractivity contribution in [3.63, 3.8) is 0 Å². The second-order valence-electron chi connectivity index (χ2n) is 9.95. The third-order valence-corrected chi connectivity index (χ3v) is 8.69. The average Bonchev–Trinajstić information content (AvgIpc) is 3.50. The summed E-state index contributed by atoms with van der Waals surface area (Å²) in [5, 5.41) is 4.69. The molecule has 2 fully saturated rings. The molecule has 1 N–H and O–H groups in total. The maximum Gasteiger partial charge on any atom is 0.264 e. The van der Waals surface area contributed by atoms with Gasteiger partial charge in [0.1, 0.15) is 5.82 Å². The Hall–Kier alpha value is -3.55. The number of thiophene rings is 1.